The Morgan fingerprint density at radius 2 is 2.24 bits per heavy atom. The van der Waals surface area contributed by atoms with Crippen molar-refractivity contribution in [1.29, 1.82) is 0 Å². The molecule has 1 saturated heterocycles. The Kier molecular flexibility index (Phi) is 4.48. The molecule has 1 fully saturated rings. The van der Waals surface area contributed by atoms with Crippen molar-refractivity contribution in [3.63, 3.8) is 0 Å². The summed E-state index contributed by atoms with van der Waals surface area (Å²) in [5.41, 5.74) is 1.27. The summed E-state index contributed by atoms with van der Waals surface area (Å²) in [5, 5.41) is 3.00. The quantitative estimate of drug-likeness (QED) is 0.844. The van der Waals surface area contributed by atoms with Gasteiger partial charge < -0.3 is 10.2 Å². The lowest BCUT2D eigenvalue weighted by molar-refractivity contribution is -0.127. The van der Waals surface area contributed by atoms with E-state index in [9.17, 15) is 9.59 Å². The van der Waals surface area contributed by atoms with Crippen molar-refractivity contribution < 1.29 is 9.59 Å². The molecule has 0 aliphatic carbocycles. The molecule has 0 aromatic heterocycles. The van der Waals surface area contributed by atoms with Crippen molar-refractivity contribution in [3.8, 4) is 0 Å². The first-order chi connectivity index (χ1) is 10.2. The largest absolute Gasteiger partial charge is 0.355 e. The number of hydrogen-bond donors (Lipinski definition) is 1. The maximum absolute atomic E-state index is 12.2. The molecule has 0 saturated carbocycles. The molecule has 1 aromatic carbocycles. The molecule has 2 heterocycles. The van der Waals surface area contributed by atoms with Crippen molar-refractivity contribution in [1.82, 2.24) is 10.2 Å². The van der Waals surface area contributed by atoms with E-state index in [4.69, 9.17) is 0 Å². The Balaban J connectivity index is 1.39. The second-order valence-corrected chi connectivity index (χ2v) is 6.79. The average Bonchev–Trinajstić information content (AvgIpc) is 3.09. The van der Waals surface area contributed by atoms with Gasteiger partial charge in [0.05, 0.1) is 5.25 Å². The highest BCUT2D eigenvalue weighted by molar-refractivity contribution is 8.01. The lowest BCUT2D eigenvalue weighted by Crippen LogP contribution is -2.35. The number of hydrogen-bond acceptors (Lipinski definition) is 3. The third kappa shape index (κ3) is 3.40. The highest BCUT2D eigenvalue weighted by Gasteiger charge is 2.27. The molecule has 1 N–H and O–H groups in total. The summed E-state index contributed by atoms with van der Waals surface area (Å²) >= 11 is 1.65. The standard InChI is InChI=1S/C16H20N2O2S/c19-15-7-3-9-18(15)10-4-8-17-16(20)14-11-12-5-1-2-6-13(12)21-14/h1-2,5-6,14H,3-4,7-11H2,(H,17,20). The van der Waals surface area contributed by atoms with Crippen LogP contribution in [0.25, 0.3) is 0 Å². The first-order valence-electron chi connectivity index (χ1n) is 7.54. The third-order valence-electron chi connectivity index (χ3n) is 4.01. The first-order valence-corrected chi connectivity index (χ1v) is 8.42. The monoisotopic (exact) mass is 304 g/mol. The molecular weight excluding hydrogens is 284 g/mol. The molecule has 0 radical (unpaired) electrons. The number of benzene rings is 1. The second kappa shape index (κ2) is 6.52. The van der Waals surface area contributed by atoms with Crippen molar-refractivity contribution >= 4 is 23.6 Å². The van der Waals surface area contributed by atoms with Crippen LogP contribution in [0.5, 0.6) is 0 Å². The fraction of sp³-hybridized carbons (Fsp3) is 0.500. The van der Waals surface area contributed by atoms with Gasteiger partial charge in [-0.15, -0.1) is 11.8 Å². The average molecular weight is 304 g/mol. The molecule has 0 spiro atoms. The van der Waals surface area contributed by atoms with Crippen LogP contribution >= 0.6 is 11.8 Å². The zero-order valence-electron chi connectivity index (χ0n) is 12.0. The number of nitrogens with one attached hydrogen (secondary N) is 1. The van der Waals surface area contributed by atoms with Gasteiger partial charge in [0.1, 0.15) is 0 Å². The fourth-order valence-corrected chi connectivity index (χ4v) is 4.08. The first kappa shape index (κ1) is 14.4. The molecule has 21 heavy (non-hydrogen) atoms. The van der Waals surface area contributed by atoms with E-state index in [1.54, 1.807) is 11.8 Å². The van der Waals surface area contributed by atoms with Crippen LogP contribution in [0.4, 0.5) is 0 Å². The van der Waals surface area contributed by atoms with Gasteiger partial charge in [-0.3, -0.25) is 9.59 Å². The lowest BCUT2D eigenvalue weighted by atomic mass is 10.1. The molecule has 1 unspecified atom stereocenters. The topological polar surface area (TPSA) is 49.4 Å². The van der Waals surface area contributed by atoms with E-state index in [0.29, 0.717) is 13.0 Å². The van der Waals surface area contributed by atoms with E-state index in [-0.39, 0.29) is 17.1 Å². The Hall–Kier alpha value is -1.49. The molecule has 1 atom stereocenters. The number of thioether (sulfide) groups is 1. The van der Waals surface area contributed by atoms with Crippen LogP contribution in [0.15, 0.2) is 29.2 Å². The number of likely N-dealkylation sites (tertiary alicyclic amines) is 1. The summed E-state index contributed by atoms with van der Waals surface area (Å²) in [6.07, 6.45) is 3.31. The Morgan fingerprint density at radius 1 is 1.38 bits per heavy atom. The number of rotatable bonds is 5. The van der Waals surface area contributed by atoms with Gasteiger partial charge >= 0.3 is 0 Å². The maximum Gasteiger partial charge on any atom is 0.233 e. The Bertz CT molecular complexity index is 522. The van der Waals surface area contributed by atoms with Gasteiger partial charge in [0.25, 0.3) is 0 Å². The van der Waals surface area contributed by atoms with E-state index >= 15 is 0 Å². The molecule has 1 aromatic rings. The summed E-state index contributed by atoms with van der Waals surface area (Å²) in [6.45, 7) is 2.29. The number of fused-ring (bicyclic) bond motifs is 1. The van der Waals surface area contributed by atoms with Crippen molar-refractivity contribution in [3.05, 3.63) is 29.8 Å². The van der Waals surface area contributed by atoms with Crippen LogP contribution < -0.4 is 5.32 Å². The van der Waals surface area contributed by atoms with E-state index in [0.717, 1.165) is 32.4 Å². The van der Waals surface area contributed by atoms with E-state index in [1.165, 1.54) is 10.5 Å². The fourth-order valence-electron chi connectivity index (χ4n) is 2.86. The van der Waals surface area contributed by atoms with Gasteiger partial charge in [0, 0.05) is 31.0 Å². The lowest BCUT2D eigenvalue weighted by Gasteiger charge is -2.16. The molecule has 2 aliphatic heterocycles. The summed E-state index contributed by atoms with van der Waals surface area (Å²) in [5.74, 6) is 0.368. The molecule has 112 valence electrons. The number of amides is 2. The molecule has 0 bridgehead atoms. The van der Waals surface area contributed by atoms with Crippen molar-refractivity contribution in [2.24, 2.45) is 0 Å². The van der Waals surface area contributed by atoms with Crippen LogP contribution in [0, 0.1) is 0 Å². The SMILES string of the molecule is O=C(NCCCN1CCCC1=O)C1Cc2ccccc2S1. The molecule has 3 rings (SSSR count). The van der Waals surface area contributed by atoms with Crippen molar-refractivity contribution in [2.45, 2.75) is 35.8 Å². The minimum atomic E-state index is -0.00387. The van der Waals surface area contributed by atoms with Gasteiger partial charge in [-0.1, -0.05) is 18.2 Å². The van der Waals surface area contributed by atoms with Crippen LogP contribution in [0.3, 0.4) is 0 Å². The second-order valence-electron chi connectivity index (χ2n) is 5.55. The Labute approximate surface area is 129 Å². The van der Waals surface area contributed by atoms with Crippen LogP contribution in [-0.2, 0) is 16.0 Å². The third-order valence-corrected chi connectivity index (χ3v) is 5.33. The van der Waals surface area contributed by atoms with Gasteiger partial charge in [0.15, 0.2) is 0 Å². The minimum Gasteiger partial charge on any atom is -0.355 e. The summed E-state index contributed by atoms with van der Waals surface area (Å²) in [6, 6.07) is 8.20. The summed E-state index contributed by atoms with van der Waals surface area (Å²) in [4.78, 5) is 26.8. The summed E-state index contributed by atoms with van der Waals surface area (Å²) in [7, 11) is 0. The van der Waals surface area contributed by atoms with Crippen LogP contribution in [0.2, 0.25) is 0 Å². The molecule has 4 nitrogen and oxygen atoms in total. The maximum atomic E-state index is 12.2. The molecular formula is C16H20N2O2S. The van der Waals surface area contributed by atoms with Crippen LogP contribution in [0.1, 0.15) is 24.8 Å². The molecule has 2 amide bonds. The highest BCUT2D eigenvalue weighted by Crippen LogP contribution is 2.36. The smallest absolute Gasteiger partial charge is 0.233 e. The van der Waals surface area contributed by atoms with E-state index < -0.39 is 0 Å². The molecule has 2 aliphatic rings. The zero-order chi connectivity index (χ0) is 14.7. The van der Waals surface area contributed by atoms with E-state index in [2.05, 4.69) is 17.4 Å². The predicted molar refractivity (Wildman–Crippen MR) is 83.2 cm³/mol. The molecule has 5 heteroatoms. The van der Waals surface area contributed by atoms with Gasteiger partial charge in [-0.2, -0.15) is 0 Å². The highest BCUT2D eigenvalue weighted by atomic mass is 32.2. The zero-order valence-corrected chi connectivity index (χ0v) is 12.8. The Morgan fingerprint density at radius 3 is 3.00 bits per heavy atom. The number of carbonyl (C=O) groups excluding carboxylic acids is 2. The predicted octanol–water partition coefficient (Wildman–Crippen LogP) is 1.83. The van der Waals surface area contributed by atoms with E-state index in [1.807, 2.05) is 17.0 Å². The van der Waals surface area contributed by atoms with Crippen molar-refractivity contribution in [2.75, 3.05) is 19.6 Å². The van der Waals surface area contributed by atoms with Crippen LogP contribution in [-0.4, -0.2) is 41.6 Å². The normalized spacial score (nSPS) is 20.7. The summed E-state index contributed by atoms with van der Waals surface area (Å²) < 4.78 is 0. The van der Waals surface area contributed by atoms with Gasteiger partial charge in [-0.05, 0) is 30.9 Å². The van der Waals surface area contributed by atoms with Gasteiger partial charge in [-0.25, -0.2) is 0 Å². The van der Waals surface area contributed by atoms with Gasteiger partial charge in [0.2, 0.25) is 11.8 Å². The number of nitrogens with zero attached hydrogens (tertiary/aromatic N) is 1. The number of carbonyl (C=O) groups is 2. The minimum absolute atomic E-state index is 0.00387.